The van der Waals surface area contributed by atoms with Crippen LogP contribution in [0.1, 0.15) is 24.0 Å². The van der Waals surface area contributed by atoms with Gasteiger partial charge in [0.15, 0.2) is 0 Å². The van der Waals surface area contributed by atoms with Gasteiger partial charge in [-0.05, 0) is 30.5 Å². The Morgan fingerprint density at radius 1 is 1.08 bits per heavy atom. The third-order valence-electron chi connectivity index (χ3n) is 3.83. The fourth-order valence-corrected chi connectivity index (χ4v) is 2.50. The molecule has 0 aliphatic heterocycles. The zero-order chi connectivity index (χ0) is 17.2. The highest BCUT2D eigenvalue weighted by Gasteiger charge is 2.13. The molecule has 0 aliphatic rings. The van der Waals surface area contributed by atoms with Gasteiger partial charge < -0.3 is 14.7 Å². The zero-order valence-corrected chi connectivity index (χ0v) is 14.1. The Morgan fingerprint density at radius 2 is 1.79 bits per heavy atom. The van der Waals surface area contributed by atoms with E-state index in [1.54, 1.807) is 4.90 Å². The lowest BCUT2D eigenvalue weighted by molar-refractivity contribution is -0.132. The van der Waals surface area contributed by atoms with Gasteiger partial charge in [-0.15, -0.1) is 0 Å². The summed E-state index contributed by atoms with van der Waals surface area (Å²) in [6.45, 7) is 3.36. The molecule has 0 heterocycles. The van der Waals surface area contributed by atoms with Crippen molar-refractivity contribution in [3.63, 3.8) is 0 Å². The average Bonchev–Trinajstić information content (AvgIpc) is 2.60. The lowest BCUT2D eigenvalue weighted by Crippen LogP contribution is -2.33. The Morgan fingerprint density at radius 3 is 2.50 bits per heavy atom. The van der Waals surface area contributed by atoms with E-state index < -0.39 is 0 Å². The first-order valence-corrected chi connectivity index (χ1v) is 8.31. The van der Waals surface area contributed by atoms with Crippen LogP contribution in [-0.4, -0.2) is 35.7 Å². The molecule has 1 N–H and O–H groups in total. The smallest absolute Gasteiger partial charge is 0.223 e. The van der Waals surface area contributed by atoms with E-state index in [0.29, 0.717) is 32.5 Å². The van der Waals surface area contributed by atoms with E-state index in [1.807, 2.05) is 61.5 Å². The highest BCUT2D eigenvalue weighted by Crippen LogP contribution is 2.16. The number of carbonyl (C=O) groups excluding carboxylic acids is 1. The van der Waals surface area contributed by atoms with Crippen molar-refractivity contribution in [1.29, 1.82) is 0 Å². The van der Waals surface area contributed by atoms with Crippen molar-refractivity contribution in [2.75, 3.05) is 19.8 Å². The number of carbonyl (C=O) groups is 1. The molecule has 0 bridgehead atoms. The van der Waals surface area contributed by atoms with Crippen LogP contribution in [0.2, 0.25) is 0 Å². The standard InChI is InChI=1S/C20H25NO3/c1-17-8-5-6-11-19(17)24-15-7-12-20(23)21(13-14-22)16-18-9-3-2-4-10-18/h2-6,8-11,22H,7,12-16H2,1H3. The second kappa shape index (κ2) is 9.73. The Kier molecular flexibility index (Phi) is 7.30. The molecule has 2 aromatic rings. The maximum absolute atomic E-state index is 12.4. The van der Waals surface area contributed by atoms with Gasteiger partial charge in [0.2, 0.25) is 5.91 Å². The summed E-state index contributed by atoms with van der Waals surface area (Å²) in [5, 5.41) is 9.20. The number of benzene rings is 2. The third-order valence-corrected chi connectivity index (χ3v) is 3.83. The molecule has 2 rings (SSSR count). The zero-order valence-electron chi connectivity index (χ0n) is 14.1. The van der Waals surface area contributed by atoms with Gasteiger partial charge in [-0.1, -0.05) is 48.5 Å². The fraction of sp³-hybridized carbons (Fsp3) is 0.350. The first-order valence-electron chi connectivity index (χ1n) is 8.31. The van der Waals surface area contributed by atoms with Gasteiger partial charge in [0.05, 0.1) is 13.2 Å². The number of hydrogen-bond donors (Lipinski definition) is 1. The van der Waals surface area contributed by atoms with Gasteiger partial charge in [0.1, 0.15) is 5.75 Å². The van der Waals surface area contributed by atoms with Crippen molar-refractivity contribution in [3.05, 3.63) is 65.7 Å². The van der Waals surface area contributed by atoms with Crippen LogP contribution in [0.25, 0.3) is 0 Å². The van der Waals surface area contributed by atoms with E-state index in [9.17, 15) is 9.90 Å². The summed E-state index contributed by atoms with van der Waals surface area (Å²) < 4.78 is 5.73. The maximum Gasteiger partial charge on any atom is 0.223 e. The number of aryl methyl sites for hydroxylation is 1. The lowest BCUT2D eigenvalue weighted by atomic mass is 10.2. The summed E-state index contributed by atoms with van der Waals surface area (Å²) in [7, 11) is 0. The number of rotatable bonds is 9. The third kappa shape index (κ3) is 5.70. The van der Waals surface area contributed by atoms with Crippen molar-refractivity contribution in [2.45, 2.75) is 26.3 Å². The molecule has 0 spiro atoms. The number of para-hydroxylation sites is 1. The highest BCUT2D eigenvalue weighted by atomic mass is 16.5. The fourth-order valence-electron chi connectivity index (χ4n) is 2.50. The minimum atomic E-state index is -0.0295. The monoisotopic (exact) mass is 327 g/mol. The highest BCUT2D eigenvalue weighted by molar-refractivity contribution is 5.76. The molecule has 24 heavy (non-hydrogen) atoms. The topological polar surface area (TPSA) is 49.8 Å². The quantitative estimate of drug-likeness (QED) is 0.720. The maximum atomic E-state index is 12.4. The molecular formula is C20H25NO3. The summed E-state index contributed by atoms with van der Waals surface area (Å²) in [5.74, 6) is 0.905. The second-order valence-electron chi connectivity index (χ2n) is 5.74. The Labute approximate surface area is 143 Å². The lowest BCUT2D eigenvalue weighted by Gasteiger charge is -2.22. The van der Waals surface area contributed by atoms with Gasteiger partial charge in [-0.3, -0.25) is 4.79 Å². The molecule has 4 heteroatoms. The van der Waals surface area contributed by atoms with Gasteiger partial charge in [-0.2, -0.15) is 0 Å². The number of ether oxygens (including phenoxy) is 1. The number of amides is 1. The molecule has 0 saturated heterocycles. The summed E-state index contributed by atoms with van der Waals surface area (Å²) in [4.78, 5) is 14.1. The molecule has 0 fully saturated rings. The Hall–Kier alpha value is -2.33. The van der Waals surface area contributed by atoms with Crippen LogP contribution in [0.4, 0.5) is 0 Å². The van der Waals surface area contributed by atoms with E-state index in [1.165, 1.54) is 0 Å². The first-order chi connectivity index (χ1) is 11.7. The summed E-state index contributed by atoms with van der Waals surface area (Å²) in [5.41, 5.74) is 2.16. The Balaban J connectivity index is 1.79. The summed E-state index contributed by atoms with van der Waals surface area (Å²) in [6, 6.07) is 17.7. The normalized spacial score (nSPS) is 10.4. The predicted molar refractivity (Wildman–Crippen MR) is 94.9 cm³/mol. The van der Waals surface area contributed by atoms with E-state index >= 15 is 0 Å². The SMILES string of the molecule is Cc1ccccc1OCCCC(=O)N(CCO)Cc1ccccc1. The molecular weight excluding hydrogens is 302 g/mol. The van der Waals surface area contributed by atoms with Gasteiger partial charge >= 0.3 is 0 Å². The first kappa shape index (κ1) is 18.0. The molecule has 0 unspecified atom stereocenters. The number of aliphatic hydroxyl groups is 1. The van der Waals surface area contributed by atoms with Crippen molar-refractivity contribution in [2.24, 2.45) is 0 Å². The van der Waals surface area contributed by atoms with E-state index in [2.05, 4.69) is 0 Å². The summed E-state index contributed by atoms with van der Waals surface area (Å²) >= 11 is 0. The summed E-state index contributed by atoms with van der Waals surface area (Å²) in [6.07, 6.45) is 1.07. The van der Waals surface area contributed by atoms with Gasteiger partial charge in [-0.25, -0.2) is 0 Å². The number of hydrogen-bond acceptors (Lipinski definition) is 3. The van der Waals surface area contributed by atoms with Crippen LogP contribution in [0.3, 0.4) is 0 Å². The van der Waals surface area contributed by atoms with Crippen LogP contribution in [-0.2, 0) is 11.3 Å². The van der Waals surface area contributed by atoms with Gasteiger partial charge in [0, 0.05) is 19.5 Å². The molecule has 0 aromatic heterocycles. The molecule has 1 amide bonds. The van der Waals surface area contributed by atoms with E-state index in [-0.39, 0.29) is 12.5 Å². The number of aliphatic hydroxyl groups excluding tert-OH is 1. The average molecular weight is 327 g/mol. The molecule has 0 aliphatic carbocycles. The van der Waals surface area contributed by atoms with Crippen LogP contribution in [0, 0.1) is 6.92 Å². The van der Waals surface area contributed by atoms with Crippen LogP contribution in [0.15, 0.2) is 54.6 Å². The minimum absolute atomic E-state index is 0.0295. The molecule has 128 valence electrons. The second-order valence-corrected chi connectivity index (χ2v) is 5.74. The van der Waals surface area contributed by atoms with Crippen LogP contribution in [0.5, 0.6) is 5.75 Å². The van der Waals surface area contributed by atoms with Crippen molar-refractivity contribution >= 4 is 5.91 Å². The Bertz CT molecular complexity index is 628. The molecule has 4 nitrogen and oxygen atoms in total. The molecule has 0 saturated carbocycles. The molecule has 0 atom stereocenters. The minimum Gasteiger partial charge on any atom is -0.493 e. The largest absolute Gasteiger partial charge is 0.493 e. The molecule has 0 radical (unpaired) electrons. The van der Waals surface area contributed by atoms with Crippen molar-refractivity contribution < 1.29 is 14.6 Å². The van der Waals surface area contributed by atoms with Gasteiger partial charge in [0.25, 0.3) is 0 Å². The molecule has 2 aromatic carbocycles. The van der Waals surface area contributed by atoms with E-state index in [4.69, 9.17) is 4.74 Å². The van der Waals surface area contributed by atoms with Crippen molar-refractivity contribution in [1.82, 2.24) is 4.90 Å². The van der Waals surface area contributed by atoms with Crippen LogP contribution >= 0.6 is 0 Å². The number of nitrogens with zero attached hydrogens (tertiary/aromatic N) is 1. The van der Waals surface area contributed by atoms with Crippen molar-refractivity contribution in [3.8, 4) is 5.75 Å². The predicted octanol–water partition coefficient (Wildman–Crippen LogP) is 3.18. The van der Waals surface area contributed by atoms with Crippen LogP contribution < -0.4 is 4.74 Å². The van der Waals surface area contributed by atoms with E-state index in [0.717, 1.165) is 16.9 Å².